The number of benzene rings is 1. The van der Waals surface area contributed by atoms with Gasteiger partial charge in [-0.1, -0.05) is 11.8 Å². The summed E-state index contributed by atoms with van der Waals surface area (Å²) in [5, 5.41) is 6.68. The molecule has 0 saturated heterocycles. The molecule has 0 saturated carbocycles. The first-order valence-corrected chi connectivity index (χ1v) is 7.47. The minimum Gasteiger partial charge on any atom is -0.373 e. The molecule has 0 unspecified atom stereocenters. The Morgan fingerprint density at radius 2 is 1.95 bits per heavy atom. The van der Waals surface area contributed by atoms with Crippen LogP contribution in [0.25, 0.3) is 0 Å². The smallest absolute Gasteiger partial charge is 0.191 e. The van der Waals surface area contributed by atoms with Gasteiger partial charge in [-0.05, 0) is 40.4 Å². The zero-order valence-corrected chi connectivity index (χ0v) is 12.8. The van der Waals surface area contributed by atoms with Crippen molar-refractivity contribution in [2.24, 2.45) is 0 Å². The molecule has 2 N–H and O–H groups in total. The van der Waals surface area contributed by atoms with Crippen molar-refractivity contribution in [3.63, 3.8) is 0 Å². The van der Waals surface area contributed by atoms with Gasteiger partial charge in [-0.15, -0.1) is 0 Å². The van der Waals surface area contributed by atoms with E-state index in [9.17, 15) is 4.39 Å². The van der Waals surface area contributed by atoms with Gasteiger partial charge in [-0.3, -0.25) is 0 Å². The van der Waals surface area contributed by atoms with Gasteiger partial charge >= 0.3 is 0 Å². The van der Waals surface area contributed by atoms with Crippen LogP contribution < -0.4 is 10.6 Å². The minimum atomic E-state index is -0.307. The lowest BCUT2D eigenvalue weighted by atomic mass is 10.3. The Morgan fingerprint density at radius 1 is 1.21 bits per heavy atom. The first kappa shape index (κ1) is 14.1. The molecule has 0 fully saturated rings. The van der Waals surface area contributed by atoms with Gasteiger partial charge in [0.25, 0.3) is 0 Å². The molecule has 7 heteroatoms. The monoisotopic (exact) mass is 342 g/mol. The molecule has 0 aliphatic carbocycles. The highest BCUT2D eigenvalue weighted by Gasteiger charge is 2.06. The molecule has 0 atom stereocenters. The van der Waals surface area contributed by atoms with Crippen LogP contribution in [0.5, 0.6) is 0 Å². The Kier molecular flexibility index (Phi) is 4.60. The topological polar surface area (TPSA) is 49.8 Å². The summed E-state index contributed by atoms with van der Waals surface area (Å²) < 4.78 is 14.0. The molecule has 1 heterocycles. The van der Waals surface area contributed by atoms with Gasteiger partial charge in [-0.2, -0.15) is 0 Å². The maximum atomic E-state index is 13.2. The highest BCUT2D eigenvalue weighted by molar-refractivity contribution is 9.10. The molecule has 0 amide bonds. The second kappa shape index (κ2) is 6.21. The molecule has 0 bridgehead atoms. The van der Waals surface area contributed by atoms with Crippen molar-refractivity contribution >= 4 is 45.0 Å². The Morgan fingerprint density at radius 3 is 2.63 bits per heavy atom. The number of aromatic nitrogens is 2. The normalized spacial score (nSPS) is 10.3. The van der Waals surface area contributed by atoms with Crippen molar-refractivity contribution in [1.29, 1.82) is 0 Å². The van der Waals surface area contributed by atoms with Crippen molar-refractivity contribution in [2.45, 2.75) is 5.16 Å². The van der Waals surface area contributed by atoms with E-state index in [-0.39, 0.29) is 5.82 Å². The third-order valence-corrected chi connectivity index (χ3v) is 3.57. The first-order valence-electron chi connectivity index (χ1n) is 5.45. The molecule has 4 nitrogen and oxygen atoms in total. The van der Waals surface area contributed by atoms with E-state index >= 15 is 0 Å². The molecule has 1 aromatic heterocycles. The number of halogens is 2. The van der Waals surface area contributed by atoms with Crippen LogP contribution in [0.1, 0.15) is 0 Å². The average molecular weight is 343 g/mol. The summed E-state index contributed by atoms with van der Waals surface area (Å²) >= 11 is 4.81. The van der Waals surface area contributed by atoms with Crippen LogP contribution in [0.4, 0.5) is 21.7 Å². The molecule has 2 aromatic rings. The van der Waals surface area contributed by atoms with E-state index in [0.29, 0.717) is 22.5 Å². The molecule has 2 rings (SSSR count). The second-order valence-corrected chi connectivity index (χ2v) is 5.25. The van der Waals surface area contributed by atoms with Crippen molar-refractivity contribution in [2.75, 3.05) is 23.9 Å². The van der Waals surface area contributed by atoms with Gasteiger partial charge in [-0.25, -0.2) is 14.4 Å². The Labute approximate surface area is 123 Å². The van der Waals surface area contributed by atoms with Gasteiger partial charge in [0.05, 0.1) is 5.69 Å². The summed E-state index contributed by atoms with van der Waals surface area (Å²) in [4.78, 5) is 8.59. The number of hydrogen-bond donors (Lipinski definition) is 2. The number of rotatable bonds is 4. The lowest BCUT2D eigenvalue weighted by Gasteiger charge is -2.10. The van der Waals surface area contributed by atoms with E-state index < -0.39 is 0 Å². The van der Waals surface area contributed by atoms with E-state index in [0.717, 1.165) is 4.47 Å². The fraction of sp³-hybridized carbons (Fsp3) is 0.167. The minimum absolute atomic E-state index is 0.307. The van der Waals surface area contributed by atoms with Gasteiger partial charge in [0.2, 0.25) is 0 Å². The van der Waals surface area contributed by atoms with Crippen molar-refractivity contribution in [1.82, 2.24) is 9.97 Å². The average Bonchev–Trinajstić information content (AvgIpc) is 2.42. The lowest BCUT2D eigenvalue weighted by Crippen LogP contribution is -2.01. The zero-order chi connectivity index (χ0) is 13.8. The number of thioether (sulfide) groups is 1. The van der Waals surface area contributed by atoms with E-state index in [1.165, 1.54) is 23.9 Å². The van der Waals surface area contributed by atoms with E-state index in [1.807, 2.05) is 6.26 Å². The largest absolute Gasteiger partial charge is 0.373 e. The number of nitrogens with one attached hydrogen (secondary N) is 2. The summed E-state index contributed by atoms with van der Waals surface area (Å²) in [6, 6.07) is 6.20. The van der Waals surface area contributed by atoms with Crippen LogP contribution in [-0.2, 0) is 0 Å². The molecular weight excluding hydrogens is 331 g/mol. The van der Waals surface area contributed by atoms with Crippen LogP contribution >= 0.6 is 27.7 Å². The summed E-state index contributed by atoms with van der Waals surface area (Å²) in [6.45, 7) is 0. The molecule has 0 aliphatic rings. The van der Waals surface area contributed by atoms with Crippen LogP contribution in [0, 0.1) is 5.82 Å². The van der Waals surface area contributed by atoms with Crippen molar-refractivity contribution < 1.29 is 4.39 Å². The summed E-state index contributed by atoms with van der Waals surface area (Å²) in [6.07, 6.45) is 1.90. The molecule has 0 aliphatic heterocycles. The highest BCUT2D eigenvalue weighted by atomic mass is 79.9. The van der Waals surface area contributed by atoms with Crippen molar-refractivity contribution in [3.8, 4) is 0 Å². The highest BCUT2D eigenvalue weighted by Crippen LogP contribution is 2.27. The van der Waals surface area contributed by atoms with E-state index in [2.05, 4.69) is 36.5 Å². The third-order valence-electron chi connectivity index (χ3n) is 2.34. The summed E-state index contributed by atoms with van der Waals surface area (Å²) in [5.41, 5.74) is 0.618. The third kappa shape index (κ3) is 3.57. The van der Waals surface area contributed by atoms with Gasteiger partial charge in [0.15, 0.2) is 5.16 Å². The number of hydrogen-bond acceptors (Lipinski definition) is 5. The van der Waals surface area contributed by atoms with E-state index in [1.54, 1.807) is 19.2 Å². The van der Waals surface area contributed by atoms with Crippen LogP contribution in [0.3, 0.4) is 0 Å². The molecule has 100 valence electrons. The molecular formula is C12H12BrFN4S. The van der Waals surface area contributed by atoms with Crippen LogP contribution in [-0.4, -0.2) is 23.3 Å². The molecule has 1 aromatic carbocycles. The van der Waals surface area contributed by atoms with Crippen LogP contribution in [0.2, 0.25) is 0 Å². The Balaban J connectivity index is 2.34. The maximum Gasteiger partial charge on any atom is 0.191 e. The van der Waals surface area contributed by atoms with Gasteiger partial charge in [0.1, 0.15) is 17.5 Å². The Hall–Kier alpha value is -1.34. The standard InChI is InChI=1S/C12H12BrFN4S/c1-15-10-6-11(18-12(17-10)19-2)16-9-5-7(14)3-4-8(9)13/h3-6H,1-2H3,(H2,15,16,17,18). The SMILES string of the molecule is CNc1cc(Nc2cc(F)ccc2Br)nc(SC)n1. The fourth-order valence-corrected chi connectivity index (χ4v) is 2.16. The maximum absolute atomic E-state index is 13.2. The Bertz CT molecular complexity index is 572. The molecule has 0 spiro atoms. The first-order chi connectivity index (χ1) is 9.12. The molecule has 19 heavy (non-hydrogen) atoms. The number of nitrogens with zero attached hydrogens (tertiary/aromatic N) is 2. The second-order valence-electron chi connectivity index (χ2n) is 3.62. The zero-order valence-electron chi connectivity index (χ0n) is 10.4. The molecule has 0 radical (unpaired) electrons. The quantitative estimate of drug-likeness (QED) is 0.652. The van der Waals surface area contributed by atoms with Gasteiger partial charge in [0, 0.05) is 17.6 Å². The predicted molar refractivity (Wildman–Crippen MR) is 80.7 cm³/mol. The van der Waals surface area contributed by atoms with Crippen LogP contribution in [0.15, 0.2) is 33.9 Å². The summed E-state index contributed by atoms with van der Waals surface area (Å²) in [7, 11) is 1.79. The number of anilines is 3. The lowest BCUT2D eigenvalue weighted by molar-refractivity contribution is 0.628. The summed E-state index contributed by atoms with van der Waals surface area (Å²) in [5.74, 6) is 1.00. The van der Waals surface area contributed by atoms with Gasteiger partial charge < -0.3 is 10.6 Å². The predicted octanol–water partition coefficient (Wildman–Crippen LogP) is 3.89. The van der Waals surface area contributed by atoms with E-state index in [4.69, 9.17) is 0 Å². The van der Waals surface area contributed by atoms with Crippen molar-refractivity contribution in [3.05, 3.63) is 34.6 Å². The fourth-order valence-electron chi connectivity index (χ4n) is 1.44.